The van der Waals surface area contributed by atoms with Crippen molar-refractivity contribution >= 4 is 22.4 Å². The number of hydrogen-bond acceptors (Lipinski definition) is 4. The van der Waals surface area contributed by atoms with Crippen molar-refractivity contribution in [1.82, 2.24) is 9.88 Å². The maximum atomic E-state index is 12.5. The van der Waals surface area contributed by atoms with E-state index >= 15 is 0 Å². The van der Waals surface area contributed by atoms with Crippen molar-refractivity contribution in [2.45, 2.75) is 19.3 Å². The van der Waals surface area contributed by atoms with Gasteiger partial charge in [-0.2, -0.15) is 0 Å². The molecule has 0 bridgehead atoms. The number of anilines is 1. The first kappa shape index (κ1) is 17.9. The highest BCUT2D eigenvalue weighted by molar-refractivity contribution is 7.19. The molecule has 0 unspecified atom stereocenters. The number of rotatable bonds is 5. The van der Waals surface area contributed by atoms with Crippen LogP contribution in [-0.4, -0.2) is 35.4 Å². The summed E-state index contributed by atoms with van der Waals surface area (Å²) in [5, 5.41) is 3.68. The fourth-order valence-electron chi connectivity index (χ4n) is 3.43. The Morgan fingerprint density at radius 1 is 0.926 bits per heavy atom. The summed E-state index contributed by atoms with van der Waals surface area (Å²) >= 11 is 1.54. The zero-order valence-corrected chi connectivity index (χ0v) is 16.0. The van der Waals surface area contributed by atoms with E-state index < -0.39 is 0 Å². The molecule has 27 heavy (non-hydrogen) atoms. The number of hydrogen-bond donors (Lipinski definition) is 1. The first-order valence-corrected chi connectivity index (χ1v) is 10.2. The van der Waals surface area contributed by atoms with Gasteiger partial charge >= 0.3 is 0 Å². The van der Waals surface area contributed by atoms with Crippen molar-refractivity contribution in [1.29, 1.82) is 0 Å². The van der Waals surface area contributed by atoms with Crippen LogP contribution >= 0.6 is 11.3 Å². The lowest BCUT2D eigenvalue weighted by atomic mass is 10.1. The molecular formula is C22H23N3OS. The third-order valence-corrected chi connectivity index (χ3v) is 5.79. The van der Waals surface area contributed by atoms with Gasteiger partial charge < -0.3 is 5.32 Å². The monoisotopic (exact) mass is 377 g/mol. The zero-order valence-electron chi connectivity index (χ0n) is 15.2. The number of benzene rings is 2. The molecule has 1 aliphatic rings. The van der Waals surface area contributed by atoms with Crippen LogP contribution in [0.1, 0.15) is 19.3 Å². The van der Waals surface area contributed by atoms with Crippen LogP contribution in [0.25, 0.3) is 21.7 Å². The normalized spacial score (nSPS) is 14.8. The largest absolute Gasteiger partial charge is 0.301 e. The summed E-state index contributed by atoms with van der Waals surface area (Å²) in [6.07, 6.45) is 3.63. The van der Waals surface area contributed by atoms with E-state index in [9.17, 15) is 4.79 Å². The topological polar surface area (TPSA) is 45.2 Å². The van der Waals surface area contributed by atoms with Crippen molar-refractivity contribution in [3.05, 3.63) is 60.7 Å². The van der Waals surface area contributed by atoms with Crippen molar-refractivity contribution < 1.29 is 4.79 Å². The average molecular weight is 378 g/mol. The Morgan fingerprint density at radius 2 is 1.56 bits per heavy atom. The zero-order chi connectivity index (χ0) is 18.5. The molecule has 5 heteroatoms. The summed E-state index contributed by atoms with van der Waals surface area (Å²) in [4.78, 5) is 20.5. The molecule has 0 saturated carbocycles. The predicted octanol–water partition coefficient (Wildman–Crippen LogP) is 4.90. The van der Waals surface area contributed by atoms with E-state index in [2.05, 4.69) is 34.5 Å². The maximum Gasteiger partial charge on any atom is 0.240 e. The van der Waals surface area contributed by atoms with E-state index in [0.717, 1.165) is 34.8 Å². The Hall–Kier alpha value is -2.50. The summed E-state index contributed by atoms with van der Waals surface area (Å²) in [6.45, 7) is 2.46. The molecule has 1 aromatic heterocycles. The van der Waals surface area contributed by atoms with Gasteiger partial charge in [-0.25, -0.2) is 4.98 Å². The van der Waals surface area contributed by atoms with Gasteiger partial charge in [-0.3, -0.25) is 9.69 Å². The highest BCUT2D eigenvalue weighted by atomic mass is 32.1. The summed E-state index contributed by atoms with van der Waals surface area (Å²) < 4.78 is 0. The average Bonchev–Trinajstić information content (AvgIpc) is 3.14. The third-order valence-electron chi connectivity index (χ3n) is 4.77. The van der Waals surface area contributed by atoms with Crippen LogP contribution in [-0.2, 0) is 4.79 Å². The van der Waals surface area contributed by atoms with Crippen molar-refractivity contribution in [2.75, 3.05) is 25.0 Å². The van der Waals surface area contributed by atoms with E-state index in [1.807, 2.05) is 36.4 Å². The molecule has 3 aromatic rings. The third kappa shape index (κ3) is 4.43. The standard InChI is InChI=1S/C22H23N3OS/c26-19(16-25-14-8-3-9-15-25)23-22-24-20(17-10-4-1-5-11-17)21(27-22)18-12-6-2-7-13-18/h1-2,4-7,10-13H,3,8-9,14-16H2,(H,23,24,26). The van der Waals surface area contributed by atoms with E-state index in [1.54, 1.807) is 0 Å². The Bertz CT molecular complexity index is 829. The molecular weight excluding hydrogens is 354 g/mol. The van der Waals surface area contributed by atoms with Crippen molar-refractivity contribution in [3.8, 4) is 21.7 Å². The van der Waals surface area contributed by atoms with Crippen molar-refractivity contribution in [2.24, 2.45) is 0 Å². The van der Waals surface area contributed by atoms with Crippen LogP contribution in [0.2, 0.25) is 0 Å². The van der Waals surface area contributed by atoms with Gasteiger partial charge in [0.25, 0.3) is 0 Å². The second-order valence-electron chi connectivity index (χ2n) is 6.81. The smallest absolute Gasteiger partial charge is 0.240 e. The van der Waals surface area contributed by atoms with Crippen LogP contribution in [0.5, 0.6) is 0 Å². The Kier molecular flexibility index (Phi) is 5.61. The summed E-state index contributed by atoms with van der Waals surface area (Å²) in [5.74, 6) is 0.0184. The molecule has 1 saturated heterocycles. The molecule has 4 nitrogen and oxygen atoms in total. The lowest BCUT2D eigenvalue weighted by molar-refractivity contribution is -0.117. The summed E-state index contributed by atoms with van der Waals surface area (Å²) in [6, 6.07) is 20.4. The Labute approximate surface area is 163 Å². The van der Waals surface area contributed by atoms with E-state index in [-0.39, 0.29) is 5.91 Å². The molecule has 1 fully saturated rings. The van der Waals surface area contributed by atoms with Gasteiger partial charge in [0.2, 0.25) is 5.91 Å². The first-order valence-electron chi connectivity index (χ1n) is 9.43. The van der Waals surface area contributed by atoms with Crippen LogP contribution in [0.15, 0.2) is 60.7 Å². The second kappa shape index (κ2) is 8.46. The summed E-state index contributed by atoms with van der Waals surface area (Å²) in [5.41, 5.74) is 3.09. The van der Waals surface area contributed by atoms with Gasteiger partial charge in [0.1, 0.15) is 0 Å². The van der Waals surface area contributed by atoms with Gasteiger partial charge in [-0.15, -0.1) is 0 Å². The van der Waals surface area contributed by atoms with E-state index in [4.69, 9.17) is 4.98 Å². The number of aromatic nitrogens is 1. The van der Waals surface area contributed by atoms with Gasteiger partial charge in [0, 0.05) is 5.56 Å². The number of carbonyl (C=O) groups excluding carboxylic acids is 1. The van der Waals surface area contributed by atoms with E-state index in [1.165, 1.54) is 30.6 Å². The number of likely N-dealkylation sites (tertiary alicyclic amines) is 1. The molecule has 138 valence electrons. The first-order chi connectivity index (χ1) is 13.3. The number of nitrogens with one attached hydrogen (secondary N) is 1. The van der Waals surface area contributed by atoms with Crippen LogP contribution in [0.4, 0.5) is 5.13 Å². The second-order valence-corrected chi connectivity index (χ2v) is 7.81. The van der Waals surface area contributed by atoms with Crippen LogP contribution in [0, 0.1) is 0 Å². The fourth-order valence-corrected chi connectivity index (χ4v) is 4.44. The lowest BCUT2D eigenvalue weighted by Gasteiger charge is -2.25. The highest BCUT2D eigenvalue weighted by Gasteiger charge is 2.18. The Morgan fingerprint density at radius 3 is 2.22 bits per heavy atom. The molecule has 0 spiro atoms. The lowest BCUT2D eigenvalue weighted by Crippen LogP contribution is -2.36. The predicted molar refractivity (Wildman–Crippen MR) is 112 cm³/mol. The molecule has 2 aromatic carbocycles. The number of nitrogens with zero attached hydrogens (tertiary/aromatic N) is 2. The van der Waals surface area contributed by atoms with Crippen LogP contribution < -0.4 is 5.32 Å². The van der Waals surface area contributed by atoms with Gasteiger partial charge in [-0.05, 0) is 31.5 Å². The minimum Gasteiger partial charge on any atom is -0.301 e. The molecule has 1 aliphatic heterocycles. The van der Waals surface area contributed by atoms with Gasteiger partial charge in [-0.1, -0.05) is 78.4 Å². The van der Waals surface area contributed by atoms with Crippen molar-refractivity contribution in [3.63, 3.8) is 0 Å². The van der Waals surface area contributed by atoms with Crippen LogP contribution in [0.3, 0.4) is 0 Å². The number of thiazole rings is 1. The molecule has 0 aliphatic carbocycles. The highest BCUT2D eigenvalue weighted by Crippen LogP contribution is 2.38. The quantitative estimate of drug-likeness (QED) is 0.688. The SMILES string of the molecule is O=C(CN1CCCCC1)Nc1nc(-c2ccccc2)c(-c2ccccc2)s1. The minimum atomic E-state index is 0.0184. The molecule has 4 rings (SSSR count). The fraction of sp³-hybridized carbons (Fsp3) is 0.273. The number of piperidine rings is 1. The molecule has 1 N–H and O–H groups in total. The number of amides is 1. The van der Waals surface area contributed by atoms with E-state index in [0.29, 0.717) is 11.7 Å². The molecule has 0 atom stereocenters. The molecule has 1 amide bonds. The van der Waals surface area contributed by atoms with Gasteiger partial charge in [0.05, 0.1) is 17.1 Å². The molecule has 0 radical (unpaired) electrons. The number of carbonyl (C=O) groups is 1. The Balaban J connectivity index is 1.58. The van der Waals surface area contributed by atoms with Gasteiger partial charge in [0.15, 0.2) is 5.13 Å². The molecule has 2 heterocycles. The minimum absolute atomic E-state index is 0.0184. The maximum absolute atomic E-state index is 12.5. The summed E-state index contributed by atoms with van der Waals surface area (Å²) in [7, 11) is 0.